The van der Waals surface area contributed by atoms with Crippen LogP contribution in [0, 0.1) is 0 Å². The molecule has 134 valence electrons. The Bertz CT molecular complexity index is 713. The van der Waals surface area contributed by atoms with E-state index in [1.54, 1.807) is 18.2 Å². The van der Waals surface area contributed by atoms with Crippen LogP contribution in [-0.2, 0) is 4.79 Å². The van der Waals surface area contributed by atoms with Crippen molar-refractivity contribution >= 4 is 34.8 Å². The number of carbonyl (C=O) groups excluding carboxylic acids is 1. The Kier molecular flexibility index (Phi) is 7.15. The van der Waals surface area contributed by atoms with Gasteiger partial charge in [-0.25, -0.2) is 0 Å². The van der Waals surface area contributed by atoms with Gasteiger partial charge in [0.1, 0.15) is 5.75 Å². The summed E-state index contributed by atoms with van der Waals surface area (Å²) in [4.78, 5) is 12.6. The molecule has 0 spiro atoms. The Labute approximate surface area is 159 Å². The zero-order valence-corrected chi connectivity index (χ0v) is 16.2. The summed E-state index contributed by atoms with van der Waals surface area (Å²) < 4.78 is 6.03. The van der Waals surface area contributed by atoms with Crippen molar-refractivity contribution in [2.45, 2.75) is 45.6 Å². The molecule has 2 aromatic rings. The van der Waals surface area contributed by atoms with E-state index in [4.69, 9.17) is 27.9 Å². The second kappa shape index (κ2) is 9.12. The average Bonchev–Trinajstić information content (AvgIpc) is 2.58. The van der Waals surface area contributed by atoms with E-state index >= 15 is 0 Å². The van der Waals surface area contributed by atoms with E-state index in [0.717, 1.165) is 17.7 Å². The van der Waals surface area contributed by atoms with Gasteiger partial charge in [0.05, 0.1) is 0 Å². The van der Waals surface area contributed by atoms with Gasteiger partial charge in [-0.2, -0.15) is 0 Å². The lowest BCUT2D eigenvalue weighted by Gasteiger charge is -2.21. The molecule has 3 nitrogen and oxygen atoms in total. The van der Waals surface area contributed by atoms with Crippen molar-refractivity contribution in [2.75, 3.05) is 5.32 Å². The highest BCUT2D eigenvalue weighted by molar-refractivity contribution is 6.35. The van der Waals surface area contributed by atoms with E-state index in [9.17, 15) is 4.79 Å². The van der Waals surface area contributed by atoms with Crippen molar-refractivity contribution in [1.82, 2.24) is 0 Å². The third-order valence-electron chi connectivity index (χ3n) is 4.12. The summed E-state index contributed by atoms with van der Waals surface area (Å²) in [5.74, 6) is 0.895. The highest BCUT2D eigenvalue weighted by Gasteiger charge is 2.21. The van der Waals surface area contributed by atoms with Crippen LogP contribution in [0.15, 0.2) is 42.5 Å². The highest BCUT2D eigenvalue weighted by atomic mass is 35.5. The minimum Gasteiger partial charge on any atom is -0.480 e. The number of amides is 1. The fourth-order valence-electron chi connectivity index (χ4n) is 2.54. The lowest BCUT2D eigenvalue weighted by Crippen LogP contribution is -2.32. The summed E-state index contributed by atoms with van der Waals surface area (Å²) in [6.45, 7) is 6.20. The minimum absolute atomic E-state index is 0.222. The predicted molar refractivity (Wildman–Crippen MR) is 105 cm³/mol. The molecule has 0 aromatic heterocycles. The van der Waals surface area contributed by atoms with Gasteiger partial charge in [0, 0.05) is 15.7 Å². The van der Waals surface area contributed by atoms with Gasteiger partial charge in [-0.1, -0.05) is 62.2 Å². The van der Waals surface area contributed by atoms with Gasteiger partial charge >= 0.3 is 0 Å². The van der Waals surface area contributed by atoms with Crippen LogP contribution in [0.25, 0.3) is 0 Å². The smallest absolute Gasteiger partial charge is 0.265 e. The van der Waals surface area contributed by atoms with Crippen LogP contribution in [0.5, 0.6) is 5.75 Å². The van der Waals surface area contributed by atoms with Crippen LogP contribution >= 0.6 is 23.2 Å². The molecule has 2 aromatic carbocycles. The number of nitrogens with one attached hydrogen (secondary N) is 1. The second-order valence-electron chi connectivity index (χ2n) is 6.01. The van der Waals surface area contributed by atoms with Gasteiger partial charge in [-0.05, 0) is 48.6 Å². The standard InChI is InChI=1S/C20H23Cl2NO2/c1-4-13(3)17-8-6-7-9-19(17)25-18(5-2)20(24)23-16-11-14(21)10-15(22)12-16/h6-13,18H,4-5H2,1-3H3,(H,23,24). The molecule has 5 heteroatoms. The highest BCUT2D eigenvalue weighted by Crippen LogP contribution is 2.30. The molecule has 1 N–H and O–H groups in total. The first kappa shape index (κ1) is 19.6. The molecule has 0 bridgehead atoms. The van der Waals surface area contributed by atoms with E-state index in [0.29, 0.717) is 28.1 Å². The van der Waals surface area contributed by atoms with Crippen molar-refractivity contribution in [2.24, 2.45) is 0 Å². The lowest BCUT2D eigenvalue weighted by molar-refractivity contribution is -0.122. The molecule has 0 saturated heterocycles. The number of benzene rings is 2. The van der Waals surface area contributed by atoms with Crippen molar-refractivity contribution < 1.29 is 9.53 Å². The zero-order valence-electron chi connectivity index (χ0n) is 14.7. The van der Waals surface area contributed by atoms with E-state index in [1.807, 2.05) is 31.2 Å². The summed E-state index contributed by atoms with van der Waals surface area (Å²) in [6, 6.07) is 12.8. The Morgan fingerprint density at radius 3 is 2.32 bits per heavy atom. The number of ether oxygens (including phenoxy) is 1. The van der Waals surface area contributed by atoms with Crippen LogP contribution in [0.2, 0.25) is 10.0 Å². The first-order chi connectivity index (χ1) is 11.9. The Balaban J connectivity index is 2.16. The minimum atomic E-state index is -0.594. The van der Waals surface area contributed by atoms with Crippen molar-refractivity contribution in [3.63, 3.8) is 0 Å². The Morgan fingerprint density at radius 1 is 1.08 bits per heavy atom. The molecule has 25 heavy (non-hydrogen) atoms. The molecule has 2 rings (SSSR count). The molecule has 2 unspecified atom stereocenters. The molecule has 0 aliphatic carbocycles. The van der Waals surface area contributed by atoms with Crippen LogP contribution in [0.3, 0.4) is 0 Å². The Hall–Kier alpha value is -1.71. The number of hydrogen-bond donors (Lipinski definition) is 1. The topological polar surface area (TPSA) is 38.3 Å². The van der Waals surface area contributed by atoms with Crippen LogP contribution in [0.4, 0.5) is 5.69 Å². The van der Waals surface area contributed by atoms with Crippen molar-refractivity contribution in [3.8, 4) is 5.75 Å². The summed E-state index contributed by atoms with van der Waals surface area (Å²) in [6.07, 6.45) is 0.960. The molecule has 0 aliphatic heterocycles. The second-order valence-corrected chi connectivity index (χ2v) is 6.88. The van der Waals surface area contributed by atoms with E-state index < -0.39 is 6.10 Å². The zero-order chi connectivity index (χ0) is 18.4. The third kappa shape index (κ3) is 5.38. The first-order valence-electron chi connectivity index (χ1n) is 8.47. The fraction of sp³-hybridized carbons (Fsp3) is 0.350. The maximum atomic E-state index is 12.6. The van der Waals surface area contributed by atoms with Gasteiger partial charge in [0.25, 0.3) is 5.91 Å². The predicted octanol–water partition coefficient (Wildman–Crippen LogP) is 6.30. The van der Waals surface area contributed by atoms with Crippen LogP contribution < -0.4 is 10.1 Å². The average molecular weight is 380 g/mol. The van der Waals surface area contributed by atoms with Crippen LogP contribution in [-0.4, -0.2) is 12.0 Å². The normalized spacial score (nSPS) is 13.2. The molecule has 1 amide bonds. The number of para-hydroxylation sites is 1. The molecular formula is C20H23Cl2NO2. The molecule has 2 atom stereocenters. The van der Waals surface area contributed by atoms with Gasteiger partial charge in [-0.15, -0.1) is 0 Å². The first-order valence-corrected chi connectivity index (χ1v) is 9.22. The Morgan fingerprint density at radius 2 is 1.72 bits per heavy atom. The lowest BCUT2D eigenvalue weighted by atomic mass is 9.98. The maximum Gasteiger partial charge on any atom is 0.265 e. The number of carbonyl (C=O) groups is 1. The van der Waals surface area contributed by atoms with Crippen molar-refractivity contribution in [1.29, 1.82) is 0 Å². The fourth-order valence-corrected chi connectivity index (χ4v) is 3.07. The summed E-state index contributed by atoms with van der Waals surface area (Å²) in [5, 5.41) is 3.77. The number of anilines is 1. The monoisotopic (exact) mass is 379 g/mol. The quantitative estimate of drug-likeness (QED) is 0.612. The molecule has 0 radical (unpaired) electrons. The number of rotatable bonds is 7. The van der Waals surface area contributed by atoms with Crippen molar-refractivity contribution in [3.05, 3.63) is 58.1 Å². The van der Waals surface area contributed by atoms with Gasteiger partial charge < -0.3 is 10.1 Å². The number of halogens is 2. The largest absolute Gasteiger partial charge is 0.480 e. The molecule has 0 heterocycles. The summed E-state index contributed by atoms with van der Waals surface area (Å²) in [5.41, 5.74) is 1.67. The van der Waals surface area contributed by atoms with E-state index in [2.05, 4.69) is 19.2 Å². The third-order valence-corrected chi connectivity index (χ3v) is 4.56. The maximum absolute atomic E-state index is 12.6. The van der Waals surface area contributed by atoms with Gasteiger partial charge in [0.2, 0.25) is 0 Å². The number of hydrogen-bond acceptors (Lipinski definition) is 2. The molecule has 0 saturated carbocycles. The van der Waals surface area contributed by atoms with Crippen LogP contribution in [0.1, 0.15) is 45.1 Å². The van der Waals surface area contributed by atoms with Gasteiger partial charge in [0.15, 0.2) is 6.10 Å². The van der Waals surface area contributed by atoms with E-state index in [-0.39, 0.29) is 5.91 Å². The van der Waals surface area contributed by atoms with Gasteiger partial charge in [-0.3, -0.25) is 4.79 Å². The van der Waals surface area contributed by atoms with E-state index in [1.165, 1.54) is 0 Å². The molecular weight excluding hydrogens is 357 g/mol. The molecule has 0 fully saturated rings. The molecule has 0 aliphatic rings. The summed E-state index contributed by atoms with van der Waals surface area (Å²) >= 11 is 12.0. The summed E-state index contributed by atoms with van der Waals surface area (Å²) in [7, 11) is 0. The SMILES string of the molecule is CCC(Oc1ccccc1C(C)CC)C(=O)Nc1cc(Cl)cc(Cl)c1.